The molecule has 19 heavy (non-hydrogen) atoms. The Balaban J connectivity index is 2.14. The number of anilines is 1. The van der Waals surface area contributed by atoms with Crippen LogP contribution in [0.3, 0.4) is 0 Å². The van der Waals surface area contributed by atoms with E-state index in [0.717, 1.165) is 17.4 Å². The average Bonchev–Trinajstić information content (AvgIpc) is 2.88. The van der Waals surface area contributed by atoms with Crippen LogP contribution in [0.25, 0.3) is 0 Å². The molecule has 4 heteroatoms. The molecule has 1 aliphatic rings. The smallest absolute Gasteiger partial charge is 0.143 e. The van der Waals surface area contributed by atoms with Crippen molar-refractivity contribution in [3.05, 3.63) is 17.2 Å². The van der Waals surface area contributed by atoms with Crippen molar-refractivity contribution in [3.63, 3.8) is 0 Å². The van der Waals surface area contributed by atoms with Crippen LogP contribution in [0.15, 0.2) is 12.1 Å². The lowest BCUT2D eigenvalue weighted by molar-refractivity contribution is 0.404. The molecule has 2 rings (SSSR count). The Morgan fingerprint density at radius 3 is 2.53 bits per heavy atom. The first kappa shape index (κ1) is 14.3. The second-order valence-electron chi connectivity index (χ2n) is 5.12. The van der Waals surface area contributed by atoms with E-state index < -0.39 is 0 Å². The van der Waals surface area contributed by atoms with E-state index in [-0.39, 0.29) is 0 Å². The lowest BCUT2D eigenvalue weighted by Gasteiger charge is -2.18. The molecule has 1 aromatic carbocycles. The molecule has 1 aliphatic carbocycles. The average molecular weight is 284 g/mol. The fourth-order valence-corrected chi connectivity index (χ4v) is 3.00. The number of nitrogens with one attached hydrogen (secondary N) is 1. The largest absolute Gasteiger partial charge is 0.495 e. The third kappa shape index (κ3) is 3.27. The number of halogens is 1. The molecule has 0 spiro atoms. The van der Waals surface area contributed by atoms with Crippen LogP contribution >= 0.6 is 11.6 Å². The van der Waals surface area contributed by atoms with Crippen LogP contribution in [0.2, 0.25) is 5.02 Å². The van der Waals surface area contributed by atoms with Crippen LogP contribution in [-0.2, 0) is 0 Å². The quantitative estimate of drug-likeness (QED) is 0.871. The van der Waals surface area contributed by atoms with Crippen molar-refractivity contribution >= 4 is 17.3 Å². The summed E-state index contributed by atoms with van der Waals surface area (Å²) < 4.78 is 10.7. The summed E-state index contributed by atoms with van der Waals surface area (Å²) in [5, 5.41) is 4.13. The minimum atomic E-state index is 0.518. The minimum Gasteiger partial charge on any atom is -0.495 e. The molecule has 0 radical (unpaired) electrons. The first-order valence-electron chi connectivity index (χ1n) is 6.86. The van der Waals surface area contributed by atoms with E-state index in [9.17, 15) is 0 Å². The maximum absolute atomic E-state index is 6.11. The van der Waals surface area contributed by atoms with E-state index in [2.05, 4.69) is 12.2 Å². The standard InChI is InChI=1S/C15H22ClNO2/c1-4-10-5-6-11(7-10)17-13-9-14(18-2)12(16)8-15(13)19-3/h8-11,17H,4-7H2,1-3H3. The predicted molar refractivity (Wildman–Crippen MR) is 79.6 cm³/mol. The van der Waals surface area contributed by atoms with Gasteiger partial charge in [0.1, 0.15) is 11.5 Å². The third-order valence-corrected chi connectivity index (χ3v) is 4.25. The Morgan fingerprint density at radius 2 is 1.95 bits per heavy atom. The van der Waals surface area contributed by atoms with Gasteiger partial charge in [-0.25, -0.2) is 0 Å². The first-order valence-corrected chi connectivity index (χ1v) is 7.23. The van der Waals surface area contributed by atoms with Crippen molar-refractivity contribution in [3.8, 4) is 11.5 Å². The van der Waals surface area contributed by atoms with Gasteiger partial charge in [-0.05, 0) is 25.2 Å². The number of methoxy groups -OCH3 is 2. The summed E-state index contributed by atoms with van der Waals surface area (Å²) in [5.74, 6) is 2.29. The molecule has 0 amide bonds. The molecule has 1 saturated carbocycles. The van der Waals surface area contributed by atoms with Gasteiger partial charge < -0.3 is 14.8 Å². The van der Waals surface area contributed by atoms with Gasteiger partial charge in [0.15, 0.2) is 0 Å². The highest BCUT2D eigenvalue weighted by Gasteiger charge is 2.24. The Kier molecular flexibility index (Phi) is 4.81. The topological polar surface area (TPSA) is 30.5 Å². The molecule has 3 nitrogen and oxygen atoms in total. The summed E-state index contributed by atoms with van der Waals surface area (Å²) in [6, 6.07) is 4.24. The maximum Gasteiger partial charge on any atom is 0.143 e. The van der Waals surface area contributed by atoms with Crippen molar-refractivity contribution in [1.29, 1.82) is 0 Å². The summed E-state index contributed by atoms with van der Waals surface area (Å²) in [4.78, 5) is 0. The van der Waals surface area contributed by atoms with Crippen molar-refractivity contribution in [2.24, 2.45) is 5.92 Å². The van der Waals surface area contributed by atoms with Crippen LogP contribution in [0.4, 0.5) is 5.69 Å². The lowest BCUT2D eigenvalue weighted by atomic mass is 10.1. The molecule has 1 N–H and O–H groups in total. The van der Waals surface area contributed by atoms with Gasteiger partial charge in [-0.1, -0.05) is 24.9 Å². The summed E-state index contributed by atoms with van der Waals surface area (Å²) >= 11 is 6.11. The molecule has 0 saturated heterocycles. The second kappa shape index (κ2) is 6.38. The fourth-order valence-electron chi connectivity index (χ4n) is 2.77. The Morgan fingerprint density at radius 1 is 1.21 bits per heavy atom. The second-order valence-corrected chi connectivity index (χ2v) is 5.52. The van der Waals surface area contributed by atoms with Crippen molar-refractivity contribution < 1.29 is 9.47 Å². The van der Waals surface area contributed by atoms with Gasteiger partial charge in [0, 0.05) is 18.2 Å². The van der Waals surface area contributed by atoms with Crippen molar-refractivity contribution in [1.82, 2.24) is 0 Å². The fraction of sp³-hybridized carbons (Fsp3) is 0.600. The molecule has 0 aromatic heterocycles. The van der Waals surface area contributed by atoms with E-state index in [1.54, 1.807) is 20.3 Å². The van der Waals surface area contributed by atoms with Crippen molar-refractivity contribution in [2.45, 2.75) is 38.6 Å². The van der Waals surface area contributed by atoms with Gasteiger partial charge in [-0.2, -0.15) is 0 Å². The molecule has 2 unspecified atom stereocenters. The summed E-state index contributed by atoms with van der Waals surface area (Å²) in [6.45, 7) is 2.26. The highest BCUT2D eigenvalue weighted by atomic mass is 35.5. The zero-order valence-corrected chi connectivity index (χ0v) is 12.6. The normalized spacial score (nSPS) is 22.3. The van der Waals surface area contributed by atoms with Gasteiger partial charge in [-0.3, -0.25) is 0 Å². The van der Waals surface area contributed by atoms with E-state index >= 15 is 0 Å². The maximum atomic E-state index is 6.11. The zero-order valence-electron chi connectivity index (χ0n) is 11.8. The van der Waals surface area contributed by atoms with Crippen LogP contribution in [0.5, 0.6) is 11.5 Å². The van der Waals surface area contributed by atoms with Gasteiger partial charge in [0.2, 0.25) is 0 Å². The number of hydrogen-bond donors (Lipinski definition) is 1. The van der Waals surface area contributed by atoms with Gasteiger partial charge in [-0.15, -0.1) is 0 Å². The molecular weight excluding hydrogens is 262 g/mol. The SMILES string of the molecule is CCC1CCC(Nc2cc(OC)c(Cl)cc2OC)C1. The van der Waals surface area contributed by atoms with Gasteiger partial charge in [0.05, 0.1) is 24.9 Å². The van der Waals surface area contributed by atoms with E-state index in [0.29, 0.717) is 16.8 Å². The van der Waals surface area contributed by atoms with E-state index in [4.69, 9.17) is 21.1 Å². The lowest BCUT2D eigenvalue weighted by Crippen LogP contribution is -2.16. The Hall–Kier alpha value is -1.09. The molecule has 106 valence electrons. The molecule has 1 aromatic rings. The monoisotopic (exact) mass is 283 g/mol. The van der Waals surface area contributed by atoms with Gasteiger partial charge >= 0.3 is 0 Å². The highest BCUT2D eigenvalue weighted by Crippen LogP contribution is 2.38. The van der Waals surface area contributed by atoms with E-state index in [1.165, 1.54) is 25.7 Å². The molecule has 0 bridgehead atoms. The summed E-state index contributed by atoms with van der Waals surface area (Å²) in [7, 11) is 3.28. The van der Waals surface area contributed by atoms with Crippen LogP contribution in [0.1, 0.15) is 32.6 Å². The molecular formula is C15H22ClNO2. The Bertz CT molecular complexity index is 436. The molecule has 0 aliphatic heterocycles. The number of hydrogen-bond acceptors (Lipinski definition) is 3. The zero-order chi connectivity index (χ0) is 13.8. The highest BCUT2D eigenvalue weighted by molar-refractivity contribution is 6.32. The minimum absolute atomic E-state index is 0.518. The molecule has 2 atom stereocenters. The van der Waals surface area contributed by atoms with Crippen LogP contribution in [-0.4, -0.2) is 20.3 Å². The predicted octanol–water partition coefficient (Wildman–Crippen LogP) is 4.35. The number of rotatable bonds is 5. The number of ether oxygens (including phenoxy) is 2. The molecule has 0 heterocycles. The first-order chi connectivity index (χ1) is 9.17. The third-order valence-electron chi connectivity index (χ3n) is 3.95. The van der Waals surface area contributed by atoms with Crippen LogP contribution in [0, 0.1) is 5.92 Å². The number of benzene rings is 1. The summed E-state index contributed by atoms with van der Waals surface area (Å²) in [5.41, 5.74) is 0.963. The Labute approximate surface area is 120 Å². The van der Waals surface area contributed by atoms with Crippen molar-refractivity contribution in [2.75, 3.05) is 19.5 Å². The summed E-state index contributed by atoms with van der Waals surface area (Å²) in [6.07, 6.45) is 5.01. The van der Waals surface area contributed by atoms with E-state index in [1.807, 2.05) is 6.07 Å². The van der Waals surface area contributed by atoms with Gasteiger partial charge in [0.25, 0.3) is 0 Å². The molecule has 1 fully saturated rings. The van der Waals surface area contributed by atoms with Crippen LogP contribution < -0.4 is 14.8 Å².